The molecular weight excluding hydrogens is 903 g/mol. The molecule has 9 heterocycles. The lowest BCUT2D eigenvalue weighted by molar-refractivity contribution is -0.282. The molecule has 73 heavy (non-hydrogen) atoms. The molecule has 4 spiro atoms. The minimum atomic E-state index is -1.13. The highest BCUT2D eigenvalue weighted by Gasteiger charge is 2.94. The molecule has 1 aromatic rings. The van der Waals surface area contributed by atoms with E-state index in [9.17, 15) is 5.11 Å². The van der Waals surface area contributed by atoms with Crippen molar-refractivity contribution in [3.8, 4) is 0 Å². The number of benzene rings is 1. The standard InChI is InChI=1S/C65H85N3O5/c66-28-10-16-41-15-9-17-50-55(41)60(70)73-65(50)54-32-42(39-11-3-1-4-12-39)18-19-43-30-49-48(40-13-5-2-6-14-40)31-44-20-21-51-46-29-38-35-67(37-46)52(45-22-26-62(34-45)24-7-8-25-62)33-53(69)59-63(65)27-23-47(56(49)58(44)68(51)36-38)57(43)64(54,63)61(71)72-59/h9,15,17-19,38-40,42-43,45-46,48-49,51-52,54,56,69H,1-8,10-14,16,20-37,66H2. The van der Waals surface area contributed by atoms with Crippen molar-refractivity contribution in [1.29, 1.82) is 0 Å². The molecule has 3 N–H and O–H groups in total. The predicted octanol–water partition coefficient (Wildman–Crippen LogP) is 12.8. The molecule has 1 aromatic carbocycles. The number of piperidine rings is 2. The molecule has 8 nitrogen and oxygen atoms in total. The van der Waals surface area contributed by atoms with Crippen LogP contribution in [0.25, 0.3) is 0 Å². The van der Waals surface area contributed by atoms with Crippen LogP contribution in [0.5, 0.6) is 0 Å². The van der Waals surface area contributed by atoms with Gasteiger partial charge in [-0.3, -0.25) is 9.69 Å². The molecule has 9 aliphatic carbocycles. The van der Waals surface area contributed by atoms with E-state index in [2.05, 4.69) is 40.2 Å². The molecule has 0 radical (unpaired) electrons. The van der Waals surface area contributed by atoms with E-state index < -0.39 is 16.4 Å². The first-order valence-corrected chi connectivity index (χ1v) is 31.1. The van der Waals surface area contributed by atoms with Crippen molar-refractivity contribution in [2.75, 3.05) is 26.2 Å². The Morgan fingerprint density at radius 3 is 2.40 bits per heavy atom. The number of rotatable bonds is 6. The molecule has 15 unspecified atom stereocenters. The lowest BCUT2D eigenvalue weighted by Crippen LogP contribution is -2.78. The molecule has 12 bridgehead atoms. The fourth-order valence-corrected chi connectivity index (χ4v) is 23.2. The summed E-state index contributed by atoms with van der Waals surface area (Å²) in [5.74, 6) is 5.13. The van der Waals surface area contributed by atoms with E-state index in [4.69, 9.17) is 15.2 Å². The van der Waals surface area contributed by atoms with E-state index in [1.54, 1.807) is 16.8 Å². The Balaban J connectivity index is 0.965. The molecule has 0 aromatic heterocycles. The third-order valence-corrected chi connectivity index (χ3v) is 25.6. The Morgan fingerprint density at radius 1 is 0.753 bits per heavy atom. The molecule has 0 amide bonds. The molecule has 8 fully saturated rings. The van der Waals surface area contributed by atoms with Crippen molar-refractivity contribution in [1.82, 2.24) is 9.80 Å². The monoisotopic (exact) mass is 988 g/mol. The van der Waals surface area contributed by atoms with Crippen LogP contribution in [0.2, 0.25) is 0 Å². The zero-order valence-electron chi connectivity index (χ0n) is 44.1. The van der Waals surface area contributed by atoms with Gasteiger partial charge < -0.3 is 25.2 Å². The number of fused-ring (bicyclic) bond motifs is 3. The van der Waals surface area contributed by atoms with Crippen LogP contribution >= 0.6 is 0 Å². The van der Waals surface area contributed by atoms with E-state index >= 15 is 9.59 Å². The van der Waals surface area contributed by atoms with Gasteiger partial charge in [-0.05, 0) is 186 Å². The van der Waals surface area contributed by atoms with Gasteiger partial charge in [0.2, 0.25) is 0 Å². The number of aliphatic hydroxyl groups is 1. The van der Waals surface area contributed by atoms with E-state index in [-0.39, 0.29) is 35.7 Å². The summed E-state index contributed by atoms with van der Waals surface area (Å²) in [7, 11) is 0. The lowest BCUT2D eigenvalue weighted by atomic mass is 9.27. The first-order valence-electron chi connectivity index (χ1n) is 31.1. The highest BCUT2D eigenvalue weighted by molar-refractivity contribution is 6.00. The van der Waals surface area contributed by atoms with Crippen LogP contribution in [0.3, 0.4) is 0 Å². The van der Waals surface area contributed by atoms with Gasteiger partial charge in [-0.2, -0.15) is 0 Å². The highest BCUT2D eigenvalue weighted by atomic mass is 16.6. The van der Waals surface area contributed by atoms with Gasteiger partial charge in [0.25, 0.3) is 0 Å². The number of carbonyl (C=O) groups excluding carboxylic acids is 2. The number of esters is 2. The number of nitrogens with two attached hydrogens (primary N) is 1. The first kappa shape index (κ1) is 45.8. The molecule has 18 aliphatic rings. The Morgan fingerprint density at radius 2 is 1.58 bits per heavy atom. The third kappa shape index (κ3) is 5.99. The number of ether oxygens (including phenoxy) is 2. The quantitative estimate of drug-likeness (QED) is 0.215. The number of allylic oxidation sites excluding steroid dienone is 4. The third-order valence-electron chi connectivity index (χ3n) is 25.6. The summed E-state index contributed by atoms with van der Waals surface area (Å²) in [6, 6.07) is 7.24. The van der Waals surface area contributed by atoms with Crippen LogP contribution in [-0.4, -0.2) is 65.1 Å². The highest BCUT2D eigenvalue weighted by Crippen LogP contribution is 2.88. The average Bonchev–Trinajstić information content (AvgIpc) is 4.22. The maximum Gasteiger partial charge on any atom is 0.339 e. The number of hydrogen-bond donors (Lipinski definition) is 2. The van der Waals surface area contributed by atoms with E-state index in [1.165, 1.54) is 147 Å². The molecule has 9 aliphatic heterocycles. The molecule has 19 rings (SSSR count). The first-order chi connectivity index (χ1) is 35.8. The van der Waals surface area contributed by atoms with Gasteiger partial charge in [0, 0.05) is 61.2 Å². The van der Waals surface area contributed by atoms with Gasteiger partial charge in [0.1, 0.15) is 11.2 Å². The Bertz CT molecular complexity index is 2630. The summed E-state index contributed by atoms with van der Waals surface area (Å²) in [6.45, 7) is 3.92. The fourth-order valence-electron chi connectivity index (χ4n) is 23.2. The van der Waals surface area contributed by atoms with E-state index in [0.717, 1.165) is 55.8 Å². The number of nitrogens with zero attached hydrogens (tertiary/aromatic N) is 2. The van der Waals surface area contributed by atoms with Crippen LogP contribution in [0.4, 0.5) is 0 Å². The SMILES string of the molecule is NCCCc1cccc2c1C(=O)OC21C2CC(C3CCCCC3)C=CC3CC4C5C6=C3C23C(=O)OC(=C(O)CC(C2CCC7(CCCC7)C2)N2CC7CC(C2)C2CCC(=C5N2C7)CC4C2CCCCC2)C31CC6. The van der Waals surface area contributed by atoms with Gasteiger partial charge in [-0.1, -0.05) is 106 Å². The van der Waals surface area contributed by atoms with E-state index in [1.807, 2.05) is 0 Å². The second-order valence-corrected chi connectivity index (χ2v) is 28.2. The summed E-state index contributed by atoms with van der Waals surface area (Å²) in [5.41, 5.74) is 12.6. The fraction of sp³-hybridized carbons (Fsp3) is 0.754. The second-order valence-electron chi connectivity index (χ2n) is 28.2. The number of aryl methyl sites for hydroxylation is 1. The van der Waals surface area contributed by atoms with Gasteiger partial charge in [-0.15, -0.1) is 0 Å². The maximum absolute atomic E-state index is 16.7. The summed E-state index contributed by atoms with van der Waals surface area (Å²) in [5, 5.41) is 13.8. The molecule has 15 atom stereocenters. The molecular formula is C65H85N3O5. The van der Waals surface area contributed by atoms with Crippen molar-refractivity contribution in [3.63, 3.8) is 0 Å². The van der Waals surface area contributed by atoms with Crippen molar-refractivity contribution in [3.05, 3.63) is 81.0 Å². The Kier molecular flexibility index (Phi) is 10.4. The average molecular weight is 988 g/mol. The van der Waals surface area contributed by atoms with Crippen LogP contribution < -0.4 is 5.73 Å². The summed E-state index contributed by atoms with van der Waals surface area (Å²) in [6.07, 6.45) is 38.2. The largest absolute Gasteiger partial charge is 0.509 e. The number of hydrogen-bond acceptors (Lipinski definition) is 8. The van der Waals surface area contributed by atoms with Gasteiger partial charge >= 0.3 is 11.9 Å². The van der Waals surface area contributed by atoms with Crippen LogP contribution in [0, 0.1) is 81.3 Å². The smallest absolute Gasteiger partial charge is 0.339 e. The summed E-state index contributed by atoms with van der Waals surface area (Å²) >= 11 is 0. The van der Waals surface area contributed by atoms with E-state index in [0.29, 0.717) is 95.8 Å². The van der Waals surface area contributed by atoms with Crippen molar-refractivity contribution >= 4 is 11.9 Å². The van der Waals surface area contributed by atoms with Crippen LogP contribution in [0.15, 0.2) is 64.3 Å². The van der Waals surface area contributed by atoms with Crippen LogP contribution in [-0.2, 0) is 26.3 Å². The molecule has 3 saturated heterocycles. The van der Waals surface area contributed by atoms with Gasteiger partial charge in [0.15, 0.2) is 11.4 Å². The minimum Gasteiger partial charge on any atom is -0.509 e. The molecule has 390 valence electrons. The zero-order chi connectivity index (χ0) is 48.6. The number of aliphatic hydroxyl groups excluding tert-OH is 1. The lowest BCUT2D eigenvalue weighted by Gasteiger charge is -2.73. The molecule has 5 saturated carbocycles. The maximum atomic E-state index is 16.7. The normalized spacial score (nSPS) is 45.0. The zero-order valence-corrected chi connectivity index (χ0v) is 44.1. The topological polar surface area (TPSA) is 105 Å². The van der Waals surface area contributed by atoms with Gasteiger partial charge in [-0.25, -0.2) is 4.79 Å². The Hall–Kier alpha value is -3.36. The number of carbonyl (C=O) groups is 2. The van der Waals surface area contributed by atoms with Crippen molar-refractivity contribution in [2.45, 2.75) is 197 Å². The van der Waals surface area contributed by atoms with Gasteiger partial charge in [0.05, 0.1) is 11.0 Å². The predicted molar refractivity (Wildman–Crippen MR) is 281 cm³/mol. The summed E-state index contributed by atoms with van der Waals surface area (Å²) < 4.78 is 14.8. The second kappa shape index (κ2) is 16.6. The minimum absolute atomic E-state index is 0.119. The molecule has 8 heteroatoms. The van der Waals surface area contributed by atoms with Crippen molar-refractivity contribution in [2.24, 2.45) is 87.1 Å². The van der Waals surface area contributed by atoms with Crippen molar-refractivity contribution < 1.29 is 24.2 Å². The summed E-state index contributed by atoms with van der Waals surface area (Å²) in [4.78, 5) is 38.0. The Labute approximate surface area is 435 Å². The van der Waals surface area contributed by atoms with Crippen LogP contribution in [0.1, 0.15) is 195 Å².